The first kappa shape index (κ1) is 4.39. The minimum Gasteiger partial charge on any atom is -0.314 e. The Morgan fingerprint density at radius 1 is 1.25 bits per heavy atom. The van der Waals surface area contributed by atoms with Gasteiger partial charge >= 0.3 is 0 Å². The maximum Gasteiger partial charge on any atom is 0.00772 e. The Morgan fingerprint density at radius 3 is 1.50 bits per heavy atom. The second kappa shape index (κ2) is 1.68. The van der Waals surface area contributed by atoms with E-state index in [0.717, 1.165) is 0 Å². The standard InChI is InChI=1S/C2H5N.H3P/c1-2-3-1;/h3H,1-2H2;1H3. The molecule has 1 rings (SSSR count). The van der Waals surface area contributed by atoms with Crippen LogP contribution in [0.15, 0.2) is 0 Å². The first-order chi connectivity index (χ1) is 1.50. The summed E-state index contributed by atoms with van der Waals surface area (Å²) in [6.45, 7) is 2.50. The van der Waals surface area contributed by atoms with Crippen LogP contribution in [0.5, 0.6) is 0 Å². The Balaban J connectivity index is 0.0000000900. The van der Waals surface area contributed by atoms with Gasteiger partial charge in [-0.1, -0.05) is 0 Å². The number of hydrogen-bond acceptors (Lipinski definition) is 1. The number of nitrogens with one attached hydrogen (secondary N) is 1. The van der Waals surface area contributed by atoms with Gasteiger partial charge < -0.3 is 5.32 Å². The van der Waals surface area contributed by atoms with Gasteiger partial charge in [-0.05, 0) is 0 Å². The third kappa shape index (κ3) is 2.39. The van der Waals surface area contributed by atoms with Gasteiger partial charge in [0.25, 0.3) is 0 Å². The van der Waals surface area contributed by atoms with Crippen molar-refractivity contribution in [1.29, 1.82) is 0 Å². The lowest BCUT2D eigenvalue weighted by Gasteiger charge is -1.21. The van der Waals surface area contributed by atoms with E-state index in [-0.39, 0.29) is 9.90 Å². The quantitative estimate of drug-likeness (QED) is 0.310. The van der Waals surface area contributed by atoms with Crippen molar-refractivity contribution in [3.63, 3.8) is 0 Å². The Bertz CT molecular complexity index is 10.8. The normalized spacial score (nSPS) is 18.0. The Labute approximate surface area is 29.4 Å². The van der Waals surface area contributed by atoms with Crippen LogP contribution in [0.1, 0.15) is 0 Å². The Hall–Kier alpha value is 0.390. The van der Waals surface area contributed by atoms with E-state index in [1.165, 1.54) is 13.1 Å². The average molecular weight is 77.1 g/mol. The zero-order valence-electron chi connectivity index (χ0n) is 2.62. The summed E-state index contributed by atoms with van der Waals surface area (Å²) in [7, 11) is 0. The molecule has 1 nitrogen and oxygen atoms in total. The molecule has 0 aromatic carbocycles. The molecule has 0 amide bonds. The first-order valence-corrected chi connectivity index (χ1v) is 1.21. The summed E-state index contributed by atoms with van der Waals surface area (Å²) in [5, 5.41) is 3.00. The molecular formula is C2H8NP. The second-order valence-corrected chi connectivity index (χ2v) is 0.750. The maximum atomic E-state index is 3.00. The van der Waals surface area contributed by atoms with E-state index >= 15 is 0 Å². The molecule has 1 unspecified atom stereocenters. The molecule has 1 aliphatic rings. The molecule has 1 heterocycles. The smallest absolute Gasteiger partial charge is 0.00772 e. The minimum atomic E-state index is 0. The molecule has 0 aliphatic carbocycles. The molecule has 1 aliphatic heterocycles. The summed E-state index contributed by atoms with van der Waals surface area (Å²) in [6, 6.07) is 0. The predicted molar refractivity (Wildman–Crippen MR) is 24.0 cm³/mol. The fraction of sp³-hybridized carbons (Fsp3) is 1.00. The monoisotopic (exact) mass is 77.0 g/mol. The van der Waals surface area contributed by atoms with E-state index in [4.69, 9.17) is 0 Å². The molecule has 0 aromatic heterocycles. The van der Waals surface area contributed by atoms with Crippen molar-refractivity contribution in [2.75, 3.05) is 13.1 Å². The van der Waals surface area contributed by atoms with Gasteiger partial charge in [-0.15, -0.1) is 0 Å². The fourth-order valence-electron chi connectivity index (χ4n) is 0. The number of rotatable bonds is 0. The molecule has 1 fully saturated rings. The highest BCUT2D eigenvalue weighted by atomic mass is 31.0. The van der Waals surface area contributed by atoms with Crippen molar-refractivity contribution in [2.45, 2.75) is 0 Å². The molecule has 26 valence electrons. The molecule has 1 atom stereocenters. The molecule has 4 heavy (non-hydrogen) atoms. The third-order valence-corrected chi connectivity index (χ3v) is 0.250. The van der Waals surface area contributed by atoms with Gasteiger partial charge in [0.15, 0.2) is 0 Å². The van der Waals surface area contributed by atoms with Crippen LogP contribution in [-0.2, 0) is 0 Å². The topological polar surface area (TPSA) is 21.9 Å². The van der Waals surface area contributed by atoms with Crippen LogP contribution >= 0.6 is 9.90 Å². The predicted octanol–water partition coefficient (Wildman–Crippen LogP) is -0.352. The lowest BCUT2D eigenvalue weighted by Crippen LogP contribution is -1.56. The second-order valence-electron chi connectivity index (χ2n) is 0.750. The highest BCUT2D eigenvalue weighted by Crippen LogP contribution is 1.65. The zero-order valence-corrected chi connectivity index (χ0v) is 4.04. The number of hydrogen-bond donors (Lipinski definition) is 1. The van der Waals surface area contributed by atoms with Crippen LogP contribution in [0, 0.1) is 0 Å². The molecule has 1 saturated heterocycles. The van der Waals surface area contributed by atoms with Crippen molar-refractivity contribution >= 4 is 9.90 Å². The molecule has 0 aromatic rings. The van der Waals surface area contributed by atoms with Crippen LogP contribution in [0.2, 0.25) is 0 Å². The van der Waals surface area contributed by atoms with Gasteiger partial charge in [-0.2, -0.15) is 9.90 Å². The van der Waals surface area contributed by atoms with Crippen LogP contribution in [0.25, 0.3) is 0 Å². The van der Waals surface area contributed by atoms with Crippen molar-refractivity contribution in [3.05, 3.63) is 0 Å². The molecule has 0 radical (unpaired) electrons. The molecule has 0 spiro atoms. The van der Waals surface area contributed by atoms with Crippen LogP contribution in [0.3, 0.4) is 0 Å². The van der Waals surface area contributed by atoms with E-state index in [2.05, 4.69) is 5.32 Å². The van der Waals surface area contributed by atoms with Crippen LogP contribution < -0.4 is 5.32 Å². The van der Waals surface area contributed by atoms with Crippen molar-refractivity contribution < 1.29 is 0 Å². The zero-order chi connectivity index (χ0) is 2.12. The van der Waals surface area contributed by atoms with Crippen LogP contribution in [-0.4, -0.2) is 13.1 Å². The summed E-state index contributed by atoms with van der Waals surface area (Å²) < 4.78 is 0. The van der Waals surface area contributed by atoms with Gasteiger partial charge in [-0.3, -0.25) is 0 Å². The Kier molecular flexibility index (Phi) is 1.85. The van der Waals surface area contributed by atoms with Gasteiger partial charge in [0, 0.05) is 13.1 Å². The Morgan fingerprint density at radius 2 is 1.50 bits per heavy atom. The van der Waals surface area contributed by atoms with Gasteiger partial charge in [0.05, 0.1) is 0 Å². The SMILES string of the molecule is C1CN1.P. The first-order valence-electron chi connectivity index (χ1n) is 1.21. The van der Waals surface area contributed by atoms with Crippen molar-refractivity contribution in [1.82, 2.24) is 5.32 Å². The van der Waals surface area contributed by atoms with E-state index in [1.807, 2.05) is 0 Å². The van der Waals surface area contributed by atoms with Crippen LogP contribution in [0.4, 0.5) is 0 Å². The van der Waals surface area contributed by atoms with Crippen molar-refractivity contribution in [2.24, 2.45) is 0 Å². The average Bonchev–Trinajstić information content (AvgIpc) is 1.46. The largest absolute Gasteiger partial charge is 0.314 e. The van der Waals surface area contributed by atoms with E-state index in [0.29, 0.717) is 0 Å². The third-order valence-electron chi connectivity index (χ3n) is 0.250. The molecular weight excluding hydrogens is 69.0 g/mol. The minimum absolute atomic E-state index is 0. The molecule has 0 saturated carbocycles. The van der Waals surface area contributed by atoms with Gasteiger partial charge in [0.2, 0.25) is 0 Å². The fourth-order valence-corrected chi connectivity index (χ4v) is 0. The van der Waals surface area contributed by atoms with Gasteiger partial charge in [0.1, 0.15) is 0 Å². The summed E-state index contributed by atoms with van der Waals surface area (Å²) in [6.07, 6.45) is 0. The molecule has 0 bridgehead atoms. The highest BCUT2D eigenvalue weighted by molar-refractivity contribution is 6.92. The lowest BCUT2D eigenvalue weighted by molar-refractivity contribution is 1.34. The summed E-state index contributed by atoms with van der Waals surface area (Å²) in [5.41, 5.74) is 0. The van der Waals surface area contributed by atoms with E-state index in [1.54, 1.807) is 0 Å². The molecule has 1 N–H and O–H groups in total. The lowest BCUT2D eigenvalue weighted by atomic mass is 11.0. The summed E-state index contributed by atoms with van der Waals surface area (Å²) >= 11 is 0. The van der Waals surface area contributed by atoms with Crippen molar-refractivity contribution in [3.8, 4) is 0 Å². The summed E-state index contributed by atoms with van der Waals surface area (Å²) in [4.78, 5) is 0. The summed E-state index contributed by atoms with van der Waals surface area (Å²) in [5.74, 6) is 0. The highest BCUT2D eigenvalue weighted by Gasteiger charge is 1.91. The van der Waals surface area contributed by atoms with E-state index in [9.17, 15) is 0 Å². The van der Waals surface area contributed by atoms with Gasteiger partial charge in [-0.25, -0.2) is 0 Å². The maximum absolute atomic E-state index is 3.00. The van der Waals surface area contributed by atoms with E-state index < -0.39 is 0 Å². The molecule has 2 heteroatoms.